The van der Waals surface area contributed by atoms with Gasteiger partial charge < -0.3 is 10.6 Å². The van der Waals surface area contributed by atoms with Crippen molar-refractivity contribution >= 4 is 34.9 Å². The summed E-state index contributed by atoms with van der Waals surface area (Å²) in [6.07, 6.45) is 0.688. The minimum absolute atomic E-state index is 0.00970. The summed E-state index contributed by atoms with van der Waals surface area (Å²) in [5, 5.41) is 7.19. The summed E-state index contributed by atoms with van der Waals surface area (Å²) < 4.78 is 0. The average molecular weight is 248 g/mol. The van der Waals surface area contributed by atoms with Gasteiger partial charge in [0.15, 0.2) is 11.0 Å². The summed E-state index contributed by atoms with van der Waals surface area (Å²) in [5.41, 5.74) is 5.19. The molecule has 0 bridgehead atoms. The SMILES string of the molecule is NC(=O)C1CCN1c1nc(Cl)nnc1Cl. The predicted octanol–water partition coefficient (Wildman–Crippen LogP) is 0.242. The molecule has 0 saturated carbocycles. The van der Waals surface area contributed by atoms with Crippen molar-refractivity contribution in [2.45, 2.75) is 12.5 Å². The second-order valence-corrected chi connectivity index (χ2v) is 3.79. The van der Waals surface area contributed by atoms with Crippen LogP contribution in [0.4, 0.5) is 5.82 Å². The summed E-state index contributed by atoms with van der Waals surface area (Å²) >= 11 is 11.4. The Morgan fingerprint density at radius 3 is 2.73 bits per heavy atom. The van der Waals surface area contributed by atoms with Gasteiger partial charge in [0.2, 0.25) is 11.2 Å². The van der Waals surface area contributed by atoms with E-state index in [2.05, 4.69) is 15.2 Å². The highest BCUT2D eigenvalue weighted by molar-refractivity contribution is 6.32. The number of amides is 1. The van der Waals surface area contributed by atoms with E-state index in [1.807, 2.05) is 0 Å². The van der Waals surface area contributed by atoms with Crippen LogP contribution in [0.1, 0.15) is 6.42 Å². The van der Waals surface area contributed by atoms with Gasteiger partial charge in [-0.05, 0) is 18.0 Å². The van der Waals surface area contributed by atoms with Crippen molar-refractivity contribution in [2.24, 2.45) is 5.73 Å². The van der Waals surface area contributed by atoms with Crippen LogP contribution in [0.25, 0.3) is 0 Å². The summed E-state index contributed by atoms with van der Waals surface area (Å²) in [7, 11) is 0. The maximum atomic E-state index is 11.0. The number of rotatable bonds is 2. The fraction of sp³-hybridized carbons (Fsp3) is 0.429. The van der Waals surface area contributed by atoms with Crippen LogP contribution in [-0.2, 0) is 4.79 Å². The van der Waals surface area contributed by atoms with Gasteiger partial charge in [0.25, 0.3) is 0 Å². The third-order valence-electron chi connectivity index (χ3n) is 2.22. The highest BCUT2D eigenvalue weighted by Crippen LogP contribution is 2.29. The maximum Gasteiger partial charge on any atom is 0.245 e. The van der Waals surface area contributed by atoms with Gasteiger partial charge in [0.1, 0.15) is 6.04 Å². The standard InChI is InChI=1S/C7H7Cl2N5O/c8-4-6(11-7(9)13-12-4)14-2-1-3(14)5(10)15/h3H,1-2H2,(H2,10,15). The third-order valence-corrected chi connectivity index (χ3v) is 2.63. The zero-order valence-electron chi connectivity index (χ0n) is 7.52. The van der Waals surface area contributed by atoms with E-state index in [0.717, 1.165) is 0 Å². The minimum Gasteiger partial charge on any atom is -0.368 e. The first-order valence-electron chi connectivity index (χ1n) is 4.21. The van der Waals surface area contributed by atoms with E-state index in [-0.39, 0.29) is 16.5 Å². The van der Waals surface area contributed by atoms with Crippen molar-refractivity contribution in [3.63, 3.8) is 0 Å². The third kappa shape index (κ3) is 1.82. The molecule has 1 aliphatic heterocycles. The number of hydrogen-bond donors (Lipinski definition) is 1. The molecule has 2 heterocycles. The van der Waals surface area contributed by atoms with Gasteiger partial charge in [-0.1, -0.05) is 11.6 Å². The molecule has 6 nitrogen and oxygen atoms in total. The van der Waals surface area contributed by atoms with Crippen molar-refractivity contribution < 1.29 is 4.79 Å². The summed E-state index contributed by atoms with van der Waals surface area (Å²) in [4.78, 5) is 16.6. The molecule has 1 aromatic heterocycles. The molecule has 1 fully saturated rings. The molecule has 1 saturated heterocycles. The van der Waals surface area contributed by atoms with Crippen molar-refractivity contribution in [3.8, 4) is 0 Å². The van der Waals surface area contributed by atoms with E-state index in [4.69, 9.17) is 28.9 Å². The molecule has 2 rings (SSSR count). The van der Waals surface area contributed by atoms with Crippen molar-refractivity contribution in [2.75, 3.05) is 11.4 Å². The maximum absolute atomic E-state index is 11.0. The zero-order chi connectivity index (χ0) is 11.0. The molecule has 1 aliphatic rings. The van der Waals surface area contributed by atoms with Crippen molar-refractivity contribution in [1.29, 1.82) is 0 Å². The van der Waals surface area contributed by atoms with Crippen LogP contribution < -0.4 is 10.6 Å². The Kier molecular flexibility index (Phi) is 2.62. The van der Waals surface area contributed by atoms with Gasteiger partial charge in [-0.15, -0.1) is 10.2 Å². The smallest absolute Gasteiger partial charge is 0.245 e. The van der Waals surface area contributed by atoms with Crippen LogP contribution in [0.3, 0.4) is 0 Å². The Morgan fingerprint density at radius 1 is 1.47 bits per heavy atom. The van der Waals surface area contributed by atoms with E-state index < -0.39 is 5.91 Å². The first kappa shape index (κ1) is 10.4. The number of carbonyl (C=O) groups excluding carboxylic acids is 1. The number of nitrogens with two attached hydrogens (primary N) is 1. The number of halogens is 2. The highest BCUT2D eigenvalue weighted by Gasteiger charge is 2.35. The van der Waals surface area contributed by atoms with Crippen LogP contribution in [0.5, 0.6) is 0 Å². The van der Waals surface area contributed by atoms with E-state index in [1.54, 1.807) is 4.90 Å². The molecule has 15 heavy (non-hydrogen) atoms. The van der Waals surface area contributed by atoms with Gasteiger partial charge in [0.05, 0.1) is 0 Å². The van der Waals surface area contributed by atoms with Crippen molar-refractivity contribution in [3.05, 3.63) is 10.4 Å². The molecule has 0 aromatic carbocycles. The molecule has 1 aromatic rings. The highest BCUT2D eigenvalue weighted by atomic mass is 35.5. The lowest BCUT2D eigenvalue weighted by Crippen LogP contribution is -2.55. The van der Waals surface area contributed by atoms with Crippen LogP contribution in [0.15, 0.2) is 0 Å². The van der Waals surface area contributed by atoms with E-state index in [9.17, 15) is 4.79 Å². The monoisotopic (exact) mass is 247 g/mol. The molecule has 1 amide bonds. The topological polar surface area (TPSA) is 85.0 Å². The van der Waals surface area contributed by atoms with Crippen LogP contribution in [0.2, 0.25) is 10.4 Å². The number of nitrogens with zero attached hydrogens (tertiary/aromatic N) is 4. The largest absolute Gasteiger partial charge is 0.368 e. The number of aromatic nitrogens is 3. The number of hydrogen-bond acceptors (Lipinski definition) is 5. The van der Waals surface area contributed by atoms with Crippen molar-refractivity contribution in [1.82, 2.24) is 15.2 Å². The lowest BCUT2D eigenvalue weighted by Gasteiger charge is -2.39. The fourth-order valence-electron chi connectivity index (χ4n) is 1.41. The average Bonchev–Trinajstić information content (AvgIpc) is 2.08. The molecule has 1 atom stereocenters. The van der Waals surface area contributed by atoms with Gasteiger partial charge >= 0.3 is 0 Å². The molecule has 1 unspecified atom stereocenters. The van der Waals surface area contributed by atoms with Gasteiger partial charge in [0, 0.05) is 6.54 Å². The van der Waals surface area contributed by atoms with Crippen LogP contribution in [-0.4, -0.2) is 33.7 Å². The summed E-state index contributed by atoms with van der Waals surface area (Å²) in [6.45, 7) is 0.655. The Bertz CT molecular complexity index is 412. The lowest BCUT2D eigenvalue weighted by molar-refractivity contribution is -0.120. The molecule has 0 radical (unpaired) electrons. The number of primary amides is 1. The summed E-state index contributed by atoms with van der Waals surface area (Å²) in [5.74, 6) is -0.0567. The Morgan fingerprint density at radius 2 is 2.20 bits per heavy atom. The predicted molar refractivity (Wildman–Crippen MR) is 54.8 cm³/mol. The molecule has 8 heteroatoms. The molecule has 80 valence electrons. The second-order valence-electron chi connectivity index (χ2n) is 3.10. The molecule has 2 N–H and O–H groups in total. The second kappa shape index (κ2) is 3.79. The molecule has 0 aliphatic carbocycles. The quantitative estimate of drug-likeness (QED) is 0.810. The number of anilines is 1. The first-order valence-corrected chi connectivity index (χ1v) is 4.97. The number of carbonyl (C=O) groups is 1. The normalized spacial score (nSPS) is 19.9. The van der Waals surface area contributed by atoms with E-state index in [1.165, 1.54) is 0 Å². The minimum atomic E-state index is -0.410. The molecular formula is C7H7Cl2N5O. The molecule has 0 spiro atoms. The Labute approximate surface area is 95.4 Å². The Hall–Kier alpha value is -1.14. The van der Waals surface area contributed by atoms with Crippen LogP contribution >= 0.6 is 23.2 Å². The zero-order valence-corrected chi connectivity index (χ0v) is 9.03. The van der Waals surface area contributed by atoms with Gasteiger partial charge in [-0.25, -0.2) is 0 Å². The fourth-order valence-corrected chi connectivity index (χ4v) is 1.71. The van der Waals surface area contributed by atoms with E-state index >= 15 is 0 Å². The lowest BCUT2D eigenvalue weighted by atomic mass is 10.0. The molecular weight excluding hydrogens is 241 g/mol. The van der Waals surface area contributed by atoms with Crippen LogP contribution in [0, 0.1) is 0 Å². The first-order chi connectivity index (χ1) is 7.09. The van der Waals surface area contributed by atoms with Gasteiger partial charge in [-0.3, -0.25) is 4.79 Å². The van der Waals surface area contributed by atoms with E-state index in [0.29, 0.717) is 18.8 Å². The van der Waals surface area contributed by atoms with Gasteiger partial charge in [-0.2, -0.15) is 4.98 Å². The Balaban J connectivity index is 2.30. The summed E-state index contributed by atoms with van der Waals surface area (Å²) in [6, 6.07) is -0.379.